The van der Waals surface area contributed by atoms with Crippen molar-refractivity contribution < 1.29 is 17.9 Å². The van der Waals surface area contributed by atoms with Crippen molar-refractivity contribution in [3.05, 3.63) is 29.8 Å². The van der Waals surface area contributed by atoms with Crippen LogP contribution >= 0.6 is 0 Å². The SMILES string of the molecule is CCN(CC)S(=O)(=O)N1Cc2ccccc2OC2(CCC(N3CCOCC3)CC2)C1. The van der Waals surface area contributed by atoms with Gasteiger partial charge in [-0.2, -0.15) is 17.0 Å². The molecule has 0 bridgehead atoms. The Labute approximate surface area is 181 Å². The van der Waals surface area contributed by atoms with Gasteiger partial charge in [-0.25, -0.2) is 0 Å². The molecule has 30 heavy (non-hydrogen) atoms. The Kier molecular flexibility index (Phi) is 6.70. The second-order valence-corrected chi connectivity index (χ2v) is 10.6. The quantitative estimate of drug-likeness (QED) is 0.708. The van der Waals surface area contributed by atoms with Crippen LogP contribution in [0, 0.1) is 0 Å². The van der Waals surface area contributed by atoms with E-state index in [1.165, 1.54) is 0 Å². The molecular weight excluding hydrogens is 402 g/mol. The third kappa shape index (κ3) is 4.39. The highest BCUT2D eigenvalue weighted by molar-refractivity contribution is 7.86. The van der Waals surface area contributed by atoms with Crippen molar-refractivity contribution >= 4 is 10.2 Å². The minimum Gasteiger partial charge on any atom is -0.486 e. The van der Waals surface area contributed by atoms with E-state index in [0.29, 0.717) is 32.2 Å². The number of fused-ring (bicyclic) bond motifs is 1. The molecule has 1 saturated carbocycles. The summed E-state index contributed by atoms with van der Waals surface area (Å²) in [5.41, 5.74) is 0.482. The Hall–Kier alpha value is -1.19. The Morgan fingerprint density at radius 2 is 1.77 bits per heavy atom. The first-order valence-corrected chi connectivity index (χ1v) is 12.7. The Morgan fingerprint density at radius 3 is 2.43 bits per heavy atom. The average molecular weight is 438 g/mol. The molecule has 0 N–H and O–H groups in total. The van der Waals surface area contributed by atoms with Crippen molar-refractivity contribution in [2.45, 2.75) is 57.7 Å². The highest BCUT2D eigenvalue weighted by Gasteiger charge is 2.45. The van der Waals surface area contributed by atoms with Gasteiger partial charge in [0.25, 0.3) is 10.2 Å². The van der Waals surface area contributed by atoms with E-state index >= 15 is 0 Å². The lowest BCUT2D eigenvalue weighted by molar-refractivity contribution is -0.0322. The van der Waals surface area contributed by atoms with Crippen molar-refractivity contribution in [1.29, 1.82) is 0 Å². The maximum Gasteiger partial charge on any atom is 0.282 e. The van der Waals surface area contributed by atoms with Crippen molar-refractivity contribution in [2.75, 3.05) is 45.9 Å². The van der Waals surface area contributed by atoms with Gasteiger partial charge in [0.2, 0.25) is 0 Å². The molecule has 0 unspecified atom stereocenters. The molecule has 2 aliphatic heterocycles. The zero-order valence-electron chi connectivity index (χ0n) is 18.3. The zero-order chi connectivity index (χ0) is 21.2. The molecule has 0 aromatic heterocycles. The highest BCUT2D eigenvalue weighted by atomic mass is 32.2. The fraction of sp³-hybridized carbons (Fsp3) is 0.727. The monoisotopic (exact) mass is 437 g/mol. The van der Waals surface area contributed by atoms with E-state index in [0.717, 1.165) is 63.3 Å². The summed E-state index contributed by atoms with van der Waals surface area (Å²) in [6.07, 6.45) is 3.80. The second-order valence-electron chi connectivity index (χ2n) is 8.63. The minimum absolute atomic E-state index is 0.365. The van der Waals surface area contributed by atoms with Crippen LogP contribution in [0.15, 0.2) is 24.3 Å². The fourth-order valence-electron chi connectivity index (χ4n) is 5.14. The predicted octanol–water partition coefficient (Wildman–Crippen LogP) is 2.48. The molecule has 2 fully saturated rings. The van der Waals surface area contributed by atoms with E-state index in [1.807, 2.05) is 38.1 Å². The number of rotatable bonds is 5. The molecule has 1 aromatic carbocycles. The van der Waals surface area contributed by atoms with E-state index < -0.39 is 15.8 Å². The summed E-state index contributed by atoms with van der Waals surface area (Å²) in [5, 5.41) is 0. The van der Waals surface area contributed by atoms with Gasteiger partial charge in [-0.3, -0.25) is 4.90 Å². The van der Waals surface area contributed by atoms with Crippen molar-refractivity contribution in [3.8, 4) is 5.75 Å². The van der Waals surface area contributed by atoms with Crippen LogP contribution in [0.25, 0.3) is 0 Å². The minimum atomic E-state index is -3.54. The first-order valence-electron chi connectivity index (χ1n) is 11.3. The van der Waals surface area contributed by atoms with E-state index in [9.17, 15) is 8.42 Å². The van der Waals surface area contributed by atoms with E-state index in [2.05, 4.69) is 4.90 Å². The second kappa shape index (κ2) is 9.12. The number of benzene rings is 1. The Morgan fingerprint density at radius 1 is 1.10 bits per heavy atom. The third-order valence-corrected chi connectivity index (χ3v) is 8.98. The van der Waals surface area contributed by atoms with Crippen molar-refractivity contribution in [2.24, 2.45) is 0 Å². The van der Waals surface area contributed by atoms with Gasteiger partial charge in [-0.15, -0.1) is 0 Å². The first-order chi connectivity index (χ1) is 14.5. The molecule has 168 valence electrons. The molecule has 1 spiro atoms. The number of hydrogen-bond donors (Lipinski definition) is 0. The molecule has 0 radical (unpaired) electrons. The molecule has 1 saturated heterocycles. The molecule has 3 aliphatic rings. The van der Waals surface area contributed by atoms with Gasteiger partial charge in [0.1, 0.15) is 11.4 Å². The largest absolute Gasteiger partial charge is 0.486 e. The van der Waals surface area contributed by atoms with Crippen molar-refractivity contribution in [3.63, 3.8) is 0 Å². The smallest absolute Gasteiger partial charge is 0.282 e. The number of hydrogen-bond acceptors (Lipinski definition) is 5. The van der Waals surface area contributed by atoms with Gasteiger partial charge >= 0.3 is 0 Å². The van der Waals surface area contributed by atoms with Crippen LogP contribution in [0.3, 0.4) is 0 Å². The molecule has 2 heterocycles. The van der Waals surface area contributed by atoms with Gasteiger partial charge in [-0.05, 0) is 31.7 Å². The van der Waals surface area contributed by atoms with Crippen LogP contribution in [0.2, 0.25) is 0 Å². The predicted molar refractivity (Wildman–Crippen MR) is 117 cm³/mol. The Balaban J connectivity index is 1.58. The normalized spacial score (nSPS) is 28.8. The molecule has 1 aromatic rings. The topological polar surface area (TPSA) is 62.3 Å². The maximum absolute atomic E-state index is 13.4. The number of para-hydroxylation sites is 1. The van der Waals surface area contributed by atoms with Crippen molar-refractivity contribution in [1.82, 2.24) is 13.5 Å². The lowest BCUT2D eigenvalue weighted by atomic mass is 9.81. The van der Waals surface area contributed by atoms with E-state index in [4.69, 9.17) is 9.47 Å². The van der Waals surface area contributed by atoms with Crippen LogP contribution < -0.4 is 4.74 Å². The summed E-state index contributed by atoms with van der Waals surface area (Å²) in [6, 6.07) is 8.43. The van der Waals surface area contributed by atoms with E-state index in [1.54, 1.807) is 8.61 Å². The lowest BCUT2D eigenvalue weighted by Gasteiger charge is -2.45. The number of ether oxygens (including phenoxy) is 2. The summed E-state index contributed by atoms with van der Waals surface area (Å²) in [5.74, 6) is 0.833. The summed E-state index contributed by atoms with van der Waals surface area (Å²) in [7, 11) is -3.54. The van der Waals surface area contributed by atoms with Crippen LogP contribution in [0.4, 0.5) is 0 Å². The first kappa shape index (κ1) is 22.0. The zero-order valence-corrected chi connectivity index (χ0v) is 19.1. The maximum atomic E-state index is 13.4. The summed E-state index contributed by atoms with van der Waals surface area (Å²) >= 11 is 0. The average Bonchev–Trinajstić information content (AvgIpc) is 2.92. The van der Waals surface area contributed by atoms with Gasteiger partial charge in [-0.1, -0.05) is 32.0 Å². The fourth-order valence-corrected chi connectivity index (χ4v) is 6.82. The standard InChI is InChI=1S/C22H35N3O4S/c1-3-24(4-2)30(26,27)25-17-19-7-5-6-8-21(19)29-22(18-25)11-9-20(10-12-22)23-13-15-28-16-14-23/h5-8,20H,3-4,9-18H2,1-2H3. The van der Waals surface area contributed by atoms with E-state index in [-0.39, 0.29) is 0 Å². The molecule has 1 aliphatic carbocycles. The van der Waals surface area contributed by atoms with Crippen LogP contribution in [-0.2, 0) is 21.5 Å². The Bertz CT molecular complexity index is 813. The molecule has 7 nitrogen and oxygen atoms in total. The van der Waals surface area contributed by atoms with Gasteiger partial charge < -0.3 is 9.47 Å². The summed E-state index contributed by atoms with van der Waals surface area (Å²) in [4.78, 5) is 2.53. The van der Waals surface area contributed by atoms with Crippen LogP contribution in [0.5, 0.6) is 5.75 Å². The highest BCUT2D eigenvalue weighted by Crippen LogP contribution is 2.40. The van der Waals surface area contributed by atoms with Gasteiger partial charge in [0, 0.05) is 44.3 Å². The van der Waals surface area contributed by atoms with Crippen LogP contribution in [0.1, 0.15) is 45.1 Å². The van der Waals surface area contributed by atoms with Gasteiger partial charge in [0.05, 0.1) is 19.8 Å². The molecule has 0 amide bonds. The lowest BCUT2D eigenvalue weighted by Crippen LogP contribution is -2.55. The number of morpholine rings is 1. The summed E-state index contributed by atoms with van der Waals surface area (Å²) < 4.78 is 42.2. The molecule has 8 heteroatoms. The molecule has 4 rings (SSSR count). The summed E-state index contributed by atoms with van der Waals surface area (Å²) in [6.45, 7) is 9.11. The molecule has 0 atom stereocenters. The third-order valence-electron chi connectivity index (χ3n) is 6.90. The van der Waals surface area contributed by atoms with Crippen LogP contribution in [-0.4, -0.2) is 79.5 Å². The molecular formula is C22H35N3O4S. The van der Waals surface area contributed by atoms with Gasteiger partial charge in [0.15, 0.2) is 0 Å². The number of nitrogens with zero attached hydrogens (tertiary/aromatic N) is 3.